The topological polar surface area (TPSA) is 82.2 Å². The Bertz CT molecular complexity index is 1840. The third-order valence-electron chi connectivity index (χ3n) is 8.40. The van der Waals surface area contributed by atoms with Crippen LogP contribution in [-0.4, -0.2) is 64.8 Å². The predicted octanol–water partition coefficient (Wildman–Crippen LogP) is 6.37. The summed E-state index contributed by atoms with van der Waals surface area (Å²) >= 11 is 14.4. The molecule has 7 rings (SSSR count). The minimum Gasteiger partial charge on any atom is -0.491 e. The number of piperazine rings is 1. The molecule has 5 aromatic rings. The summed E-state index contributed by atoms with van der Waals surface area (Å²) in [6.45, 7) is 7.75. The van der Waals surface area contributed by atoms with Gasteiger partial charge in [0.2, 0.25) is 5.79 Å². The highest BCUT2D eigenvalue weighted by molar-refractivity contribution is 7.07. The minimum atomic E-state index is -1.14. The summed E-state index contributed by atoms with van der Waals surface area (Å²) in [6, 6.07) is 22.1. The summed E-state index contributed by atoms with van der Waals surface area (Å²) in [5.41, 5.74) is 4.06. The van der Waals surface area contributed by atoms with E-state index in [4.69, 9.17) is 42.4 Å². The van der Waals surface area contributed by atoms with Crippen LogP contribution in [0, 0.1) is 0 Å². The largest absolute Gasteiger partial charge is 0.491 e. The number of aromatic nitrogens is 4. The summed E-state index contributed by atoms with van der Waals surface area (Å²) in [6.07, 6.45) is 4.85. The molecule has 10 nitrogen and oxygen atoms in total. The van der Waals surface area contributed by atoms with Crippen LogP contribution < -0.4 is 19.3 Å². The lowest BCUT2D eigenvalue weighted by atomic mass is 10.1. The molecular formula is C34H35Cl2N7O3S. The Balaban J connectivity index is 0.927. The van der Waals surface area contributed by atoms with Gasteiger partial charge in [0.1, 0.15) is 37.7 Å². The maximum atomic E-state index is 6.58. The first-order chi connectivity index (χ1) is 23.0. The molecule has 244 valence electrons. The van der Waals surface area contributed by atoms with E-state index in [0.717, 1.165) is 49.0 Å². The first-order valence-corrected chi connectivity index (χ1v) is 17.2. The molecule has 2 aromatic heterocycles. The van der Waals surface area contributed by atoms with Gasteiger partial charge in [-0.15, -0.1) is 11.3 Å². The maximum Gasteiger partial charge on any atom is 0.217 e. The van der Waals surface area contributed by atoms with E-state index in [9.17, 15) is 0 Å². The fourth-order valence-electron chi connectivity index (χ4n) is 5.92. The van der Waals surface area contributed by atoms with E-state index in [-0.39, 0.29) is 12.6 Å². The number of nitrogens with zero attached hydrogens (tertiary/aromatic N) is 7. The van der Waals surface area contributed by atoms with Gasteiger partial charge < -0.3 is 28.6 Å². The van der Waals surface area contributed by atoms with Gasteiger partial charge in [0, 0.05) is 66.3 Å². The van der Waals surface area contributed by atoms with Crippen LogP contribution in [0.2, 0.25) is 10.0 Å². The average molecular weight is 693 g/mol. The molecule has 2 atom stereocenters. The zero-order valence-electron chi connectivity index (χ0n) is 25.9. The second-order valence-corrected chi connectivity index (χ2v) is 13.1. The van der Waals surface area contributed by atoms with Gasteiger partial charge in [0.25, 0.3) is 0 Å². The van der Waals surface area contributed by atoms with Crippen molar-refractivity contribution in [1.82, 2.24) is 19.3 Å². The van der Waals surface area contributed by atoms with Crippen LogP contribution in [0.3, 0.4) is 0 Å². The van der Waals surface area contributed by atoms with Crippen LogP contribution in [0.1, 0.15) is 12.5 Å². The number of aryl methyl sites for hydroxylation is 1. The van der Waals surface area contributed by atoms with Crippen molar-refractivity contribution in [2.24, 2.45) is 4.99 Å². The zero-order valence-corrected chi connectivity index (χ0v) is 28.2. The van der Waals surface area contributed by atoms with E-state index < -0.39 is 5.79 Å². The molecule has 13 heteroatoms. The van der Waals surface area contributed by atoms with Gasteiger partial charge in [-0.3, -0.25) is 0 Å². The molecule has 2 saturated heterocycles. The minimum absolute atomic E-state index is 0.280. The molecule has 0 bridgehead atoms. The van der Waals surface area contributed by atoms with Crippen LogP contribution in [-0.2, 0) is 28.4 Å². The Hall–Kier alpha value is -3.87. The molecule has 4 heterocycles. The fourth-order valence-corrected chi connectivity index (χ4v) is 7.29. The van der Waals surface area contributed by atoms with Crippen LogP contribution >= 0.6 is 34.5 Å². The summed E-state index contributed by atoms with van der Waals surface area (Å²) < 4.78 is 22.7. The molecule has 0 amide bonds. The first kappa shape index (κ1) is 31.7. The molecule has 2 unspecified atom stereocenters. The number of anilines is 2. The van der Waals surface area contributed by atoms with Gasteiger partial charge in [-0.05, 0) is 67.6 Å². The molecule has 0 N–H and O–H groups in total. The van der Waals surface area contributed by atoms with Gasteiger partial charge in [-0.1, -0.05) is 29.3 Å². The number of ether oxygens (including phenoxy) is 3. The van der Waals surface area contributed by atoms with Crippen molar-refractivity contribution in [3.05, 3.63) is 111 Å². The normalized spacial score (nSPS) is 20.2. The summed E-state index contributed by atoms with van der Waals surface area (Å²) in [7, 11) is 0. The SMILES string of the molecule is CCn1ccs/c1=N\c1ccc(N2CCN(c3ccc(OCC4COC(Cn5cncn5)(c5ccc(Cl)cc5Cl)O4)cc3)CC2)cc1. The maximum absolute atomic E-state index is 6.58. The number of hydrogen-bond donors (Lipinski definition) is 0. The molecule has 2 aliphatic rings. The lowest BCUT2D eigenvalue weighted by Crippen LogP contribution is -2.46. The van der Waals surface area contributed by atoms with Gasteiger partial charge >= 0.3 is 0 Å². The van der Waals surface area contributed by atoms with Crippen LogP contribution in [0.5, 0.6) is 5.75 Å². The quantitative estimate of drug-likeness (QED) is 0.168. The molecule has 3 aromatic carbocycles. The highest BCUT2D eigenvalue weighted by atomic mass is 35.5. The van der Waals surface area contributed by atoms with Crippen LogP contribution in [0.25, 0.3) is 0 Å². The van der Waals surface area contributed by atoms with Crippen molar-refractivity contribution in [2.75, 3.05) is 49.2 Å². The highest BCUT2D eigenvalue weighted by Gasteiger charge is 2.45. The summed E-state index contributed by atoms with van der Waals surface area (Å²) in [5.74, 6) is -0.374. The predicted molar refractivity (Wildman–Crippen MR) is 185 cm³/mol. The number of hydrogen-bond acceptors (Lipinski definition) is 9. The van der Waals surface area contributed by atoms with Crippen molar-refractivity contribution in [3.8, 4) is 5.75 Å². The molecule has 0 saturated carbocycles. The van der Waals surface area contributed by atoms with E-state index in [1.54, 1.807) is 34.5 Å². The van der Waals surface area contributed by atoms with Crippen molar-refractivity contribution < 1.29 is 14.2 Å². The fraction of sp³-hybridized carbons (Fsp3) is 0.324. The number of benzene rings is 3. The molecule has 0 aliphatic carbocycles. The van der Waals surface area contributed by atoms with Crippen LogP contribution in [0.4, 0.5) is 17.1 Å². The first-order valence-electron chi connectivity index (χ1n) is 15.6. The lowest BCUT2D eigenvalue weighted by molar-refractivity contribution is -0.190. The van der Waals surface area contributed by atoms with Crippen molar-refractivity contribution in [3.63, 3.8) is 0 Å². The van der Waals surface area contributed by atoms with E-state index >= 15 is 0 Å². The number of rotatable bonds is 10. The number of thiazole rings is 1. The molecule has 2 aliphatic heterocycles. The smallest absolute Gasteiger partial charge is 0.217 e. The van der Waals surface area contributed by atoms with Crippen LogP contribution in [0.15, 0.2) is 96.0 Å². The van der Waals surface area contributed by atoms with E-state index in [1.165, 1.54) is 17.7 Å². The van der Waals surface area contributed by atoms with Gasteiger partial charge in [0.05, 0.1) is 17.3 Å². The van der Waals surface area contributed by atoms with E-state index in [0.29, 0.717) is 28.8 Å². The third kappa shape index (κ3) is 7.19. The standard InChI is InChI=1S/C34H35Cl2N7O3S/c1-2-40-17-18-47-33(40)39-26-4-6-27(7-5-26)41-13-15-42(16-14-41)28-8-10-29(11-9-28)44-20-30-21-45-34(46-30,22-43-24-37-23-38-43)31-12-3-25(35)19-32(31)36/h3-12,17-19,23-24,30H,2,13-16,20-22H2,1H3/b39-33-. The van der Waals surface area contributed by atoms with E-state index in [1.807, 2.05) is 18.2 Å². The Kier molecular flexibility index (Phi) is 9.51. The second kappa shape index (κ2) is 14.1. The molecule has 47 heavy (non-hydrogen) atoms. The van der Waals surface area contributed by atoms with Gasteiger partial charge in [-0.2, -0.15) is 5.10 Å². The molecule has 2 fully saturated rings. The molecular weight excluding hydrogens is 657 g/mol. The highest BCUT2D eigenvalue weighted by Crippen LogP contribution is 2.40. The summed E-state index contributed by atoms with van der Waals surface area (Å²) in [4.78, 5) is 14.7. The average Bonchev–Trinajstić information content (AvgIpc) is 3.87. The Morgan fingerprint density at radius 2 is 1.70 bits per heavy atom. The van der Waals surface area contributed by atoms with Crippen molar-refractivity contribution >= 4 is 51.6 Å². The monoisotopic (exact) mass is 691 g/mol. The third-order valence-corrected chi connectivity index (χ3v) is 9.74. The van der Waals surface area contributed by atoms with E-state index in [2.05, 4.69) is 79.3 Å². The second-order valence-electron chi connectivity index (χ2n) is 11.4. The van der Waals surface area contributed by atoms with Gasteiger partial charge in [0.15, 0.2) is 4.80 Å². The summed E-state index contributed by atoms with van der Waals surface area (Å²) in [5, 5.41) is 7.30. The van der Waals surface area contributed by atoms with Crippen molar-refractivity contribution in [2.45, 2.75) is 31.9 Å². The molecule has 0 radical (unpaired) electrons. The number of halogens is 2. The van der Waals surface area contributed by atoms with Gasteiger partial charge in [-0.25, -0.2) is 14.7 Å². The Morgan fingerprint density at radius 1 is 0.979 bits per heavy atom. The Morgan fingerprint density at radius 3 is 2.36 bits per heavy atom. The molecule has 0 spiro atoms. The Labute approximate surface area is 287 Å². The lowest BCUT2D eigenvalue weighted by Gasteiger charge is -2.37. The van der Waals surface area contributed by atoms with Crippen molar-refractivity contribution in [1.29, 1.82) is 0 Å². The zero-order chi connectivity index (χ0) is 32.2.